The van der Waals surface area contributed by atoms with Gasteiger partial charge in [-0.15, -0.1) is 0 Å². The SMILES string of the molecule is Cc1c(OCCCN(C)CC(O)CO)cccc1-c1cccc(OCCCN2CC[C@@H](O)C2)c1C. The van der Waals surface area contributed by atoms with Gasteiger partial charge in [-0.1, -0.05) is 24.3 Å². The average molecular weight is 487 g/mol. The highest BCUT2D eigenvalue weighted by atomic mass is 16.5. The van der Waals surface area contributed by atoms with Crippen LogP contribution in [0.2, 0.25) is 0 Å². The van der Waals surface area contributed by atoms with Crippen molar-refractivity contribution in [2.45, 2.75) is 45.3 Å². The molecule has 0 aromatic heterocycles. The topological polar surface area (TPSA) is 85.6 Å². The van der Waals surface area contributed by atoms with Gasteiger partial charge < -0.3 is 34.6 Å². The van der Waals surface area contributed by atoms with Crippen LogP contribution in [0.4, 0.5) is 0 Å². The molecule has 1 heterocycles. The summed E-state index contributed by atoms with van der Waals surface area (Å²) in [7, 11) is 1.93. The molecule has 1 unspecified atom stereocenters. The summed E-state index contributed by atoms with van der Waals surface area (Å²) in [6.07, 6.45) is 1.76. The zero-order chi connectivity index (χ0) is 25.2. The van der Waals surface area contributed by atoms with Crippen molar-refractivity contribution in [2.24, 2.45) is 0 Å². The van der Waals surface area contributed by atoms with Gasteiger partial charge in [-0.05, 0) is 74.5 Å². The van der Waals surface area contributed by atoms with Crippen LogP contribution >= 0.6 is 0 Å². The number of ether oxygens (including phenoxy) is 2. The van der Waals surface area contributed by atoms with Crippen LogP contribution < -0.4 is 9.47 Å². The standard InChI is InChI=1S/C28H42N2O5/c1-21-25(8-4-10-27(21)34-16-6-13-29(3)18-24(33)20-31)26-9-5-11-28(22(26)2)35-17-7-14-30-15-12-23(32)19-30/h4-5,8-11,23-24,31-33H,6-7,12-20H2,1-3H3/t23-,24?/m1/s1. The van der Waals surface area contributed by atoms with Gasteiger partial charge in [0.25, 0.3) is 0 Å². The zero-order valence-corrected chi connectivity index (χ0v) is 21.4. The minimum absolute atomic E-state index is 0.176. The number of hydrogen-bond acceptors (Lipinski definition) is 7. The van der Waals surface area contributed by atoms with Gasteiger partial charge >= 0.3 is 0 Å². The van der Waals surface area contributed by atoms with Crippen LogP contribution in [0.15, 0.2) is 36.4 Å². The summed E-state index contributed by atoms with van der Waals surface area (Å²) < 4.78 is 12.2. The summed E-state index contributed by atoms with van der Waals surface area (Å²) in [4.78, 5) is 4.29. The van der Waals surface area contributed by atoms with Crippen molar-refractivity contribution < 1.29 is 24.8 Å². The largest absolute Gasteiger partial charge is 0.493 e. The predicted molar refractivity (Wildman–Crippen MR) is 139 cm³/mol. The molecule has 2 aromatic rings. The Kier molecular flexibility index (Phi) is 10.8. The molecule has 0 bridgehead atoms. The number of hydrogen-bond donors (Lipinski definition) is 3. The van der Waals surface area contributed by atoms with Crippen molar-refractivity contribution in [3.8, 4) is 22.6 Å². The molecule has 0 amide bonds. The number of rotatable bonds is 14. The van der Waals surface area contributed by atoms with Gasteiger partial charge in [-0.25, -0.2) is 0 Å². The Hall–Kier alpha value is -2.16. The number of aliphatic hydroxyl groups is 3. The lowest BCUT2D eigenvalue weighted by Crippen LogP contribution is -2.32. The first kappa shape index (κ1) is 27.4. The number of aliphatic hydroxyl groups excluding tert-OH is 3. The van der Waals surface area contributed by atoms with Crippen LogP contribution in [0.1, 0.15) is 30.4 Å². The Morgan fingerprint density at radius 2 is 1.60 bits per heavy atom. The maximum Gasteiger partial charge on any atom is 0.122 e. The lowest BCUT2D eigenvalue weighted by atomic mass is 9.95. The minimum Gasteiger partial charge on any atom is -0.493 e. The molecule has 7 heteroatoms. The molecule has 3 rings (SSSR count). The number of likely N-dealkylation sites (N-methyl/N-ethyl adjacent to an activating group) is 1. The molecule has 1 fully saturated rings. The lowest BCUT2D eigenvalue weighted by molar-refractivity contribution is 0.0653. The molecule has 0 saturated carbocycles. The van der Waals surface area contributed by atoms with Gasteiger partial charge in [0.2, 0.25) is 0 Å². The van der Waals surface area contributed by atoms with Crippen molar-refractivity contribution in [3.05, 3.63) is 47.5 Å². The van der Waals surface area contributed by atoms with Gasteiger partial charge in [-0.3, -0.25) is 0 Å². The third-order valence-corrected chi connectivity index (χ3v) is 6.66. The average Bonchev–Trinajstić information content (AvgIpc) is 3.26. The van der Waals surface area contributed by atoms with Gasteiger partial charge in [0, 0.05) is 32.7 Å². The molecule has 3 N–H and O–H groups in total. The van der Waals surface area contributed by atoms with E-state index in [4.69, 9.17) is 14.6 Å². The third kappa shape index (κ3) is 8.19. The maximum absolute atomic E-state index is 9.67. The molecule has 0 aliphatic carbocycles. The molecule has 1 aliphatic rings. The Morgan fingerprint density at radius 1 is 1.00 bits per heavy atom. The Bertz CT molecular complexity index is 922. The molecule has 1 aliphatic heterocycles. The Balaban J connectivity index is 1.55. The number of likely N-dealkylation sites (tertiary alicyclic amines) is 1. The molecule has 2 aromatic carbocycles. The van der Waals surface area contributed by atoms with E-state index in [1.54, 1.807) is 0 Å². The quantitative estimate of drug-likeness (QED) is 0.354. The first-order valence-corrected chi connectivity index (χ1v) is 12.7. The van der Waals surface area contributed by atoms with Crippen molar-refractivity contribution >= 4 is 0 Å². The van der Waals surface area contributed by atoms with Crippen LogP contribution in [0, 0.1) is 13.8 Å². The second kappa shape index (κ2) is 13.8. The predicted octanol–water partition coefficient (Wildman–Crippen LogP) is 2.86. The normalized spacial score (nSPS) is 17.2. The van der Waals surface area contributed by atoms with E-state index in [0.29, 0.717) is 19.8 Å². The van der Waals surface area contributed by atoms with E-state index in [9.17, 15) is 10.2 Å². The van der Waals surface area contributed by atoms with Gasteiger partial charge in [0.05, 0.1) is 32.0 Å². The number of β-amino-alcohol motifs (C(OH)–C–C–N with tert-alkyl or cyclic N) is 1. The van der Waals surface area contributed by atoms with Crippen LogP contribution in [0.5, 0.6) is 11.5 Å². The number of benzene rings is 2. The molecule has 194 valence electrons. The fraction of sp³-hybridized carbons (Fsp3) is 0.571. The van der Waals surface area contributed by atoms with Crippen molar-refractivity contribution in [2.75, 3.05) is 59.6 Å². The Morgan fingerprint density at radius 3 is 2.14 bits per heavy atom. The summed E-state index contributed by atoms with van der Waals surface area (Å²) in [6.45, 7) is 9.14. The van der Waals surface area contributed by atoms with E-state index in [-0.39, 0.29) is 12.7 Å². The van der Waals surface area contributed by atoms with Gasteiger partial charge in [-0.2, -0.15) is 0 Å². The highest BCUT2D eigenvalue weighted by molar-refractivity contribution is 5.74. The molecule has 2 atom stereocenters. The molecule has 7 nitrogen and oxygen atoms in total. The molecule has 35 heavy (non-hydrogen) atoms. The summed E-state index contributed by atoms with van der Waals surface area (Å²) >= 11 is 0. The zero-order valence-electron chi connectivity index (χ0n) is 21.4. The van der Waals surface area contributed by atoms with E-state index in [2.05, 4.69) is 30.9 Å². The first-order chi connectivity index (χ1) is 16.9. The highest BCUT2D eigenvalue weighted by Gasteiger charge is 2.19. The van der Waals surface area contributed by atoms with Crippen LogP contribution in [0.25, 0.3) is 11.1 Å². The molecule has 0 radical (unpaired) electrons. The fourth-order valence-electron chi connectivity index (χ4n) is 4.64. The first-order valence-electron chi connectivity index (χ1n) is 12.7. The summed E-state index contributed by atoms with van der Waals surface area (Å²) in [5.74, 6) is 1.78. The van der Waals surface area contributed by atoms with Crippen molar-refractivity contribution in [1.29, 1.82) is 0 Å². The molecule has 1 saturated heterocycles. The second-order valence-electron chi connectivity index (χ2n) is 9.60. The molecular weight excluding hydrogens is 444 g/mol. The maximum atomic E-state index is 9.67. The van der Waals surface area contributed by atoms with E-state index in [1.165, 1.54) is 0 Å². The van der Waals surface area contributed by atoms with Crippen molar-refractivity contribution in [3.63, 3.8) is 0 Å². The van der Waals surface area contributed by atoms with E-state index in [0.717, 1.165) is 79.2 Å². The van der Waals surface area contributed by atoms with E-state index >= 15 is 0 Å². The summed E-state index contributed by atoms with van der Waals surface area (Å²) in [5, 5.41) is 28.2. The molecule has 0 spiro atoms. The van der Waals surface area contributed by atoms with Gasteiger partial charge in [0.15, 0.2) is 0 Å². The molecular formula is C28H42N2O5. The second-order valence-corrected chi connectivity index (χ2v) is 9.60. The smallest absolute Gasteiger partial charge is 0.122 e. The van der Waals surface area contributed by atoms with E-state index in [1.807, 2.05) is 36.2 Å². The van der Waals surface area contributed by atoms with Crippen LogP contribution in [0.3, 0.4) is 0 Å². The summed E-state index contributed by atoms with van der Waals surface area (Å²) in [5.41, 5.74) is 4.50. The third-order valence-electron chi connectivity index (χ3n) is 6.66. The van der Waals surface area contributed by atoms with Gasteiger partial charge in [0.1, 0.15) is 11.5 Å². The van der Waals surface area contributed by atoms with Crippen LogP contribution in [-0.4, -0.2) is 96.9 Å². The Labute approximate surface area is 209 Å². The van der Waals surface area contributed by atoms with Crippen molar-refractivity contribution in [1.82, 2.24) is 9.80 Å². The number of nitrogens with zero attached hydrogens (tertiary/aromatic N) is 2. The highest BCUT2D eigenvalue weighted by Crippen LogP contribution is 2.35. The van der Waals surface area contributed by atoms with E-state index < -0.39 is 6.10 Å². The monoisotopic (exact) mass is 486 g/mol. The van der Waals surface area contributed by atoms with Crippen LogP contribution in [-0.2, 0) is 0 Å². The lowest BCUT2D eigenvalue weighted by Gasteiger charge is -2.20. The fourth-order valence-corrected chi connectivity index (χ4v) is 4.64. The summed E-state index contributed by atoms with van der Waals surface area (Å²) in [6, 6.07) is 12.3. The minimum atomic E-state index is -0.707.